The molecule has 0 aliphatic rings. The summed E-state index contributed by atoms with van der Waals surface area (Å²) in [5, 5.41) is 10.6. The highest BCUT2D eigenvalue weighted by Gasteiger charge is 2.30. The number of ether oxygens (including phenoxy) is 4. The molecular formula is C77H146O17P2. The highest BCUT2D eigenvalue weighted by atomic mass is 31.2. The molecule has 0 saturated carbocycles. The van der Waals surface area contributed by atoms with Gasteiger partial charge in [0, 0.05) is 25.7 Å². The van der Waals surface area contributed by atoms with Crippen molar-refractivity contribution < 1.29 is 80.2 Å². The number of carbonyl (C=O) groups is 4. The predicted octanol–water partition coefficient (Wildman–Crippen LogP) is 22.3. The maximum atomic E-state index is 13.1. The van der Waals surface area contributed by atoms with Gasteiger partial charge in [0.15, 0.2) is 12.2 Å². The van der Waals surface area contributed by atoms with Gasteiger partial charge in [-0.05, 0) is 63.2 Å². The number of hydrogen-bond acceptors (Lipinski definition) is 15. The molecule has 0 heterocycles. The van der Waals surface area contributed by atoms with Crippen molar-refractivity contribution in [3.05, 3.63) is 24.3 Å². The van der Waals surface area contributed by atoms with Gasteiger partial charge >= 0.3 is 39.5 Å². The molecule has 0 amide bonds. The maximum absolute atomic E-state index is 13.1. The second-order valence-corrected chi connectivity index (χ2v) is 30.9. The molecule has 0 rings (SSSR count). The summed E-state index contributed by atoms with van der Waals surface area (Å²) in [6.07, 6.45) is 59.2. The molecule has 0 fully saturated rings. The van der Waals surface area contributed by atoms with Crippen molar-refractivity contribution >= 4 is 39.5 Å². The van der Waals surface area contributed by atoms with Crippen molar-refractivity contribution in [2.45, 2.75) is 394 Å². The van der Waals surface area contributed by atoms with Crippen LogP contribution >= 0.6 is 15.6 Å². The lowest BCUT2D eigenvalue weighted by molar-refractivity contribution is -0.161. The number of phosphoric acid groups is 2. The van der Waals surface area contributed by atoms with Gasteiger partial charge in [0.05, 0.1) is 26.4 Å². The van der Waals surface area contributed by atoms with Crippen molar-refractivity contribution in [3.8, 4) is 0 Å². The Morgan fingerprint density at radius 1 is 0.323 bits per heavy atom. The Labute approximate surface area is 586 Å². The second-order valence-electron chi connectivity index (χ2n) is 28.0. The fourth-order valence-electron chi connectivity index (χ4n) is 11.3. The molecule has 0 aliphatic carbocycles. The van der Waals surface area contributed by atoms with Gasteiger partial charge in [0.1, 0.15) is 19.3 Å². The monoisotopic (exact) mass is 1410 g/mol. The van der Waals surface area contributed by atoms with Crippen LogP contribution in [0.15, 0.2) is 24.3 Å². The number of unbranched alkanes of at least 4 members (excludes halogenated alkanes) is 41. The first-order chi connectivity index (χ1) is 46.4. The molecule has 0 aromatic rings. The summed E-state index contributed by atoms with van der Waals surface area (Å²) < 4.78 is 68.5. The van der Waals surface area contributed by atoms with Gasteiger partial charge in [0.2, 0.25) is 0 Å². The largest absolute Gasteiger partial charge is 0.472 e. The summed E-state index contributed by atoms with van der Waals surface area (Å²) in [7, 11) is -9.93. The summed E-state index contributed by atoms with van der Waals surface area (Å²) in [6.45, 7) is 9.47. The summed E-state index contributed by atoms with van der Waals surface area (Å²) in [4.78, 5) is 72.8. The molecule has 0 aromatic carbocycles. The van der Waals surface area contributed by atoms with E-state index in [2.05, 4.69) is 65.8 Å². The van der Waals surface area contributed by atoms with Crippen LogP contribution in [0.5, 0.6) is 0 Å². The van der Waals surface area contributed by atoms with Crippen LogP contribution in [0.1, 0.15) is 375 Å². The van der Waals surface area contributed by atoms with Crippen molar-refractivity contribution in [1.82, 2.24) is 0 Å². The number of esters is 4. The second kappa shape index (κ2) is 68.3. The zero-order valence-electron chi connectivity index (χ0n) is 62.2. The van der Waals surface area contributed by atoms with E-state index in [9.17, 15) is 43.2 Å². The standard InChI is InChI=1S/C77H146O17P2/c1-7-9-11-13-15-17-19-21-23-25-28-32-36-40-47-53-59-74(79)87-65-72(93-76(81)62-56-50-42-38-34-30-26-27-31-35-39-45-51-57-69(3)4)67-91-95(83,84)89-63-71(78)64-90-96(85,86)92-68-73(66-88-75(80)60-54-48-44-43-46-52-58-70(5)6)94-77(82)61-55-49-41-37-33-29-24-22-20-18-16-14-12-10-8-2/h18,20,22,24,69-73,78H,7-17,19,21,23,25-68H2,1-6H3,(H,83,84)(H,85,86)/b20-18-,24-22-/t71-,72-,73-/m1/s1. The average molecular weight is 1410 g/mol. The molecule has 0 aliphatic heterocycles. The highest BCUT2D eigenvalue weighted by molar-refractivity contribution is 7.47. The minimum absolute atomic E-state index is 0.0840. The first-order valence-electron chi connectivity index (χ1n) is 39.3. The van der Waals surface area contributed by atoms with E-state index in [1.807, 2.05) is 0 Å². The summed E-state index contributed by atoms with van der Waals surface area (Å²) >= 11 is 0. The van der Waals surface area contributed by atoms with Crippen LogP contribution in [-0.4, -0.2) is 96.7 Å². The molecule has 0 aromatic heterocycles. The van der Waals surface area contributed by atoms with Crippen LogP contribution in [0.2, 0.25) is 0 Å². The Bertz CT molecular complexity index is 1950. The van der Waals surface area contributed by atoms with Gasteiger partial charge in [-0.25, -0.2) is 9.13 Å². The zero-order chi connectivity index (χ0) is 70.7. The van der Waals surface area contributed by atoms with E-state index >= 15 is 0 Å². The molecule has 3 N–H and O–H groups in total. The third-order valence-corrected chi connectivity index (χ3v) is 19.2. The summed E-state index contributed by atoms with van der Waals surface area (Å²) in [6, 6.07) is 0. The quantitative estimate of drug-likeness (QED) is 0.0169. The molecule has 2 unspecified atom stereocenters. The summed E-state index contributed by atoms with van der Waals surface area (Å²) in [5.74, 6) is -0.685. The number of rotatable bonds is 74. The predicted molar refractivity (Wildman–Crippen MR) is 391 cm³/mol. The average Bonchev–Trinajstić information content (AvgIpc) is 1.49. The van der Waals surface area contributed by atoms with Gasteiger partial charge in [0.25, 0.3) is 0 Å². The normalized spacial score (nSPS) is 14.2. The third-order valence-electron chi connectivity index (χ3n) is 17.3. The van der Waals surface area contributed by atoms with Crippen LogP contribution in [0.3, 0.4) is 0 Å². The smallest absolute Gasteiger partial charge is 0.462 e. The molecule has 0 saturated heterocycles. The highest BCUT2D eigenvalue weighted by Crippen LogP contribution is 2.45. The van der Waals surface area contributed by atoms with Crippen molar-refractivity contribution in [1.29, 1.82) is 0 Å². The lowest BCUT2D eigenvalue weighted by atomic mass is 10.0. The number of phosphoric ester groups is 2. The van der Waals surface area contributed by atoms with E-state index in [0.29, 0.717) is 31.6 Å². The van der Waals surface area contributed by atoms with E-state index in [1.165, 1.54) is 173 Å². The fraction of sp³-hybridized carbons (Fsp3) is 0.896. The van der Waals surface area contributed by atoms with Crippen LogP contribution in [0.4, 0.5) is 0 Å². The van der Waals surface area contributed by atoms with Crippen LogP contribution < -0.4 is 0 Å². The van der Waals surface area contributed by atoms with Gasteiger partial charge in [-0.15, -0.1) is 0 Å². The SMILES string of the molecule is CCCCCC/C=C\C=C/CCCCCCCC(=O)O[C@H](COC(=O)CCCCCCCCC(C)C)COP(=O)(O)OC[C@H](O)COP(=O)(O)OC[C@@H](COC(=O)CCCCCCCCCCCCCCCCCC)OC(=O)CCCCCCCCCCCCCCCC(C)C. The number of allylic oxidation sites excluding steroid dienone is 4. The lowest BCUT2D eigenvalue weighted by Crippen LogP contribution is -2.30. The van der Waals surface area contributed by atoms with E-state index in [4.69, 9.17) is 37.0 Å². The van der Waals surface area contributed by atoms with E-state index in [-0.39, 0.29) is 25.7 Å². The molecule has 5 atom stereocenters. The van der Waals surface area contributed by atoms with Gasteiger partial charge < -0.3 is 33.8 Å². The van der Waals surface area contributed by atoms with E-state index in [0.717, 1.165) is 115 Å². The topological polar surface area (TPSA) is 237 Å². The third kappa shape index (κ3) is 70.0. The van der Waals surface area contributed by atoms with Crippen LogP contribution in [0, 0.1) is 11.8 Å². The Kier molecular flexibility index (Phi) is 66.6. The molecule has 17 nitrogen and oxygen atoms in total. The number of aliphatic hydroxyl groups excluding tert-OH is 1. The van der Waals surface area contributed by atoms with Crippen molar-refractivity contribution in [2.24, 2.45) is 11.8 Å². The molecule has 96 heavy (non-hydrogen) atoms. The first-order valence-corrected chi connectivity index (χ1v) is 42.3. The molecule has 0 radical (unpaired) electrons. The number of carbonyl (C=O) groups excluding carboxylic acids is 4. The zero-order valence-corrected chi connectivity index (χ0v) is 63.9. The Balaban J connectivity index is 5.27. The molecular weight excluding hydrogens is 1260 g/mol. The number of aliphatic hydroxyl groups is 1. The molecule has 0 spiro atoms. The van der Waals surface area contributed by atoms with Crippen molar-refractivity contribution in [2.75, 3.05) is 39.6 Å². The maximum Gasteiger partial charge on any atom is 0.472 e. The van der Waals surface area contributed by atoms with E-state index < -0.39 is 97.5 Å². The minimum Gasteiger partial charge on any atom is -0.462 e. The van der Waals surface area contributed by atoms with Crippen molar-refractivity contribution in [3.63, 3.8) is 0 Å². The first kappa shape index (κ1) is 93.5. The lowest BCUT2D eigenvalue weighted by Gasteiger charge is -2.21. The molecule has 0 bridgehead atoms. The van der Waals surface area contributed by atoms with Gasteiger partial charge in [-0.3, -0.25) is 37.3 Å². The van der Waals surface area contributed by atoms with Crippen LogP contribution in [0.25, 0.3) is 0 Å². The molecule has 566 valence electrons. The van der Waals surface area contributed by atoms with Gasteiger partial charge in [-0.2, -0.15) is 0 Å². The minimum atomic E-state index is -4.96. The fourth-order valence-corrected chi connectivity index (χ4v) is 12.9. The Hall–Kier alpha value is -2.46. The van der Waals surface area contributed by atoms with Crippen LogP contribution in [-0.2, 0) is 65.4 Å². The Morgan fingerprint density at radius 3 is 0.854 bits per heavy atom. The van der Waals surface area contributed by atoms with E-state index in [1.54, 1.807) is 0 Å². The number of hydrogen-bond donors (Lipinski definition) is 3. The summed E-state index contributed by atoms with van der Waals surface area (Å²) in [5.41, 5.74) is 0. The Morgan fingerprint density at radius 2 is 0.562 bits per heavy atom. The molecule has 19 heteroatoms. The van der Waals surface area contributed by atoms with Gasteiger partial charge in [-0.1, -0.05) is 323 Å².